The molecule has 8 aromatic heterocycles. The van der Waals surface area contributed by atoms with Gasteiger partial charge in [-0.25, -0.2) is 0 Å². The minimum Gasteiger partial charge on any atom is -0.454 e. The molecule has 0 amide bonds. The number of fused-ring (bicyclic) bond motifs is 6. The van der Waals surface area contributed by atoms with Crippen molar-refractivity contribution in [3.63, 3.8) is 0 Å². The summed E-state index contributed by atoms with van der Waals surface area (Å²) in [6, 6.07) is 27.4. The Morgan fingerprint density at radius 1 is 0.289 bits per heavy atom. The molecule has 0 atom stereocenters. The molecule has 20 heteroatoms. The minimum atomic E-state index is -1.44. The Morgan fingerprint density at radius 2 is 0.553 bits per heavy atom. The van der Waals surface area contributed by atoms with Crippen LogP contribution in [0, 0.1) is 0 Å². The lowest BCUT2D eigenvalue weighted by molar-refractivity contribution is 0.631. The van der Waals surface area contributed by atoms with Crippen LogP contribution in [-0.4, -0.2) is 32.3 Å². The lowest BCUT2D eigenvalue weighted by atomic mass is 10.2. The molecule has 4 aromatic carbocycles. The first-order chi connectivity index (χ1) is 35.5. The van der Waals surface area contributed by atoms with E-state index in [0.29, 0.717) is 0 Å². The summed E-state index contributed by atoms with van der Waals surface area (Å²) in [6.07, 6.45) is 0. The van der Waals surface area contributed by atoms with Gasteiger partial charge in [-0.05, 0) is 152 Å². The second kappa shape index (κ2) is 20.9. The molecule has 12 aromatic rings. The van der Waals surface area contributed by atoms with E-state index >= 15 is 0 Å². The summed E-state index contributed by atoms with van der Waals surface area (Å²) >= 11 is 42.5. The Balaban J connectivity index is 0.000000162. The van der Waals surface area contributed by atoms with Crippen LogP contribution in [0.3, 0.4) is 0 Å². The molecule has 0 radical (unpaired) electrons. The molecule has 0 aliphatic rings. The second-order valence-corrected chi connectivity index (χ2v) is 56.0. The third kappa shape index (κ3) is 10.2. The SMILES string of the molecule is C[Si](C)(C)c1ccc2c(Br)c(-c3sc4c(Br)c(-c5oc6cc([Si](C)(C)C)ccc6c5Br)sc4c3Br)oc2c1.C[Si](C)(C)c1ccc2c(Br)c(-c3sc4c(Br)c(-c5sc6cc([Si](C)(C)C)ccc6c5Br)sc4c3Br)sc2c1. The summed E-state index contributed by atoms with van der Waals surface area (Å²) in [5, 5.41) is 10.6. The number of benzene rings is 4. The van der Waals surface area contributed by atoms with Crippen LogP contribution in [0.5, 0.6) is 0 Å². The molecular formula is C56H48Br8O2S6Si4. The van der Waals surface area contributed by atoms with Gasteiger partial charge in [0.15, 0.2) is 11.5 Å². The lowest BCUT2D eigenvalue weighted by Gasteiger charge is -2.16. The van der Waals surface area contributed by atoms with Crippen molar-refractivity contribution >= 4 is 309 Å². The first-order valence-electron chi connectivity index (χ1n) is 24.2. The predicted molar refractivity (Wildman–Crippen MR) is 385 cm³/mol. The molecule has 8 heterocycles. The maximum Gasteiger partial charge on any atom is 0.160 e. The molecule has 76 heavy (non-hydrogen) atoms. The number of rotatable bonds is 8. The van der Waals surface area contributed by atoms with Gasteiger partial charge in [0.05, 0.1) is 107 Å². The van der Waals surface area contributed by atoms with Crippen molar-refractivity contribution in [2.24, 2.45) is 0 Å². The van der Waals surface area contributed by atoms with Crippen LogP contribution in [0.15, 0.2) is 117 Å². The van der Waals surface area contributed by atoms with Gasteiger partial charge in [0.2, 0.25) is 0 Å². The van der Waals surface area contributed by atoms with Crippen LogP contribution in [0.1, 0.15) is 0 Å². The van der Waals surface area contributed by atoms with Gasteiger partial charge in [0.1, 0.15) is 11.2 Å². The lowest BCUT2D eigenvalue weighted by Crippen LogP contribution is -2.37. The summed E-state index contributed by atoms with van der Waals surface area (Å²) < 4.78 is 29.6. The standard InChI is InChI=1S/C28H24Br4O2S2Si2.C28H24Br4S4Si2/c2*1-37(2,3)13-7-9-15-17(11-13)33-23(19(15)29)25-21(31)27-28(35-25)22(32)26(36-27)24-20(30)16-10-8-14(38(4,5)6)12-18(16)34-24/h2*7-12H,1-6H3. The van der Waals surface area contributed by atoms with Crippen LogP contribution in [-0.2, 0) is 0 Å². The summed E-state index contributed by atoms with van der Waals surface area (Å²) in [6.45, 7) is 28.6. The first-order valence-corrected chi connectivity index (χ1v) is 49.5. The third-order valence-corrected chi connectivity index (χ3v) is 38.5. The molecule has 0 unspecified atom stereocenters. The van der Waals surface area contributed by atoms with Gasteiger partial charge in [-0.1, -0.05) is 148 Å². The topological polar surface area (TPSA) is 26.3 Å². The highest BCUT2D eigenvalue weighted by Crippen LogP contribution is 2.59. The van der Waals surface area contributed by atoms with Crippen LogP contribution < -0.4 is 20.7 Å². The van der Waals surface area contributed by atoms with Gasteiger partial charge in [-0.3, -0.25) is 0 Å². The van der Waals surface area contributed by atoms with Gasteiger partial charge in [-0.15, -0.1) is 68.0 Å². The van der Waals surface area contributed by atoms with Gasteiger partial charge in [0.25, 0.3) is 0 Å². The first kappa shape index (κ1) is 57.7. The highest BCUT2D eigenvalue weighted by molar-refractivity contribution is 9.12. The Kier molecular flexibility index (Phi) is 15.9. The Labute approximate surface area is 538 Å². The van der Waals surface area contributed by atoms with Gasteiger partial charge >= 0.3 is 0 Å². The van der Waals surface area contributed by atoms with E-state index in [2.05, 4.69) is 279 Å². The summed E-state index contributed by atoms with van der Waals surface area (Å²) in [5.74, 6) is 1.73. The highest BCUT2D eigenvalue weighted by Gasteiger charge is 2.30. The maximum atomic E-state index is 6.48. The normalized spacial score (nSPS) is 13.0. The van der Waals surface area contributed by atoms with E-state index < -0.39 is 32.3 Å². The average Bonchev–Trinajstić information content (AvgIpc) is 4.24. The Hall–Kier alpha value is -0.0925. The van der Waals surface area contributed by atoms with Crippen LogP contribution >= 0.6 is 195 Å². The number of thiophene rings is 6. The van der Waals surface area contributed by atoms with Gasteiger partial charge in [0, 0.05) is 39.9 Å². The summed E-state index contributed by atoms with van der Waals surface area (Å²) in [4.78, 5) is 7.39. The van der Waals surface area contributed by atoms with Crippen LogP contribution in [0.25, 0.3) is 102 Å². The zero-order valence-corrected chi connectivity index (χ0v) is 64.8. The molecule has 12 rings (SSSR count). The molecule has 0 bridgehead atoms. The van der Waals surface area contributed by atoms with Crippen molar-refractivity contribution in [2.75, 3.05) is 0 Å². The van der Waals surface area contributed by atoms with E-state index in [9.17, 15) is 0 Å². The molecule has 0 spiro atoms. The monoisotopic (exact) mass is 1690 g/mol. The largest absolute Gasteiger partial charge is 0.454 e. The molecule has 2 nitrogen and oxygen atoms in total. The molecular weight excluding hydrogens is 1650 g/mol. The molecule has 0 saturated heterocycles. The molecule has 0 aliphatic carbocycles. The predicted octanol–water partition coefficient (Wildman–Crippen LogP) is 24.8. The minimum absolute atomic E-state index is 0.866. The van der Waals surface area contributed by atoms with Crippen molar-refractivity contribution < 1.29 is 8.83 Å². The van der Waals surface area contributed by atoms with E-state index in [-0.39, 0.29) is 0 Å². The number of hydrogen-bond acceptors (Lipinski definition) is 8. The van der Waals surface area contributed by atoms with Crippen molar-refractivity contribution in [1.29, 1.82) is 0 Å². The Bertz CT molecular complexity index is 3800. The van der Waals surface area contributed by atoms with E-state index in [1.165, 1.54) is 97.1 Å². The maximum absolute atomic E-state index is 6.48. The van der Waals surface area contributed by atoms with E-state index in [4.69, 9.17) is 8.83 Å². The quantitative estimate of drug-likeness (QED) is 0.142. The van der Waals surface area contributed by atoms with E-state index in [0.717, 1.165) is 61.1 Å². The smallest absolute Gasteiger partial charge is 0.160 e. The summed E-state index contributed by atoms with van der Waals surface area (Å²) in [7, 11) is -5.60. The van der Waals surface area contributed by atoms with Crippen LogP contribution in [0.4, 0.5) is 0 Å². The second-order valence-electron chi connectivity index (χ2n) is 23.1. The Morgan fingerprint density at radius 3 is 0.868 bits per heavy atom. The molecule has 0 N–H and O–H groups in total. The average molecular weight is 1700 g/mol. The fraction of sp³-hybridized carbons (Fsp3) is 0.214. The summed E-state index contributed by atoms with van der Waals surface area (Å²) in [5.41, 5.74) is 1.86. The van der Waals surface area contributed by atoms with E-state index in [1.54, 1.807) is 22.7 Å². The van der Waals surface area contributed by atoms with Crippen molar-refractivity contribution in [1.82, 2.24) is 0 Å². The molecule has 0 saturated carbocycles. The number of furan rings is 2. The highest BCUT2D eigenvalue weighted by atomic mass is 79.9. The molecule has 392 valence electrons. The van der Waals surface area contributed by atoms with Gasteiger partial charge < -0.3 is 8.83 Å². The zero-order chi connectivity index (χ0) is 54.6. The molecule has 0 fully saturated rings. The van der Waals surface area contributed by atoms with E-state index in [1.807, 2.05) is 45.3 Å². The van der Waals surface area contributed by atoms with Crippen molar-refractivity contribution in [3.05, 3.63) is 109 Å². The number of halogens is 8. The fourth-order valence-electron chi connectivity index (χ4n) is 9.06. The van der Waals surface area contributed by atoms with Crippen molar-refractivity contribution in [2.45, 2.75) is 78.6 Å². The van der Waals surface area contributed by atoms with Crippen LogP contribution in [0.2, 0.25) is 78.6 Å². The fourth-order valence-corrected chi connectivity index (χ4v) is 29.1. The van der Waals surface area contributed by atoms with Gasteiger partial charge in [-0.2, -0.15) is 0 Å². The third-order valence-electron chi connectivity index (χ3n) is 13.6. The number of hydrogen-bond donors (Lipinski definition) is 0. The molecule has 0 aliphatic heterocycles. The van der Waals surface area contributed by atoms with Crippen molar-refractivity contribution in [3.8, 4) is 40.8 Å². The zero-order valence-electron chi connectivity index (χ0n) is 43.2.